The van der Waals surface area contributed by atoms with E-state index in [0.29, 0.717) is 18.3 Å². The number of rotatable bonds is 4. The zero-order valence-electron chi connectivity index (χ0n) is 8.51. The van der Waals surface area contributed by atoms with Crippen LogP contribution in [0.3, 0.4) is 0 Å². The first-order valence-electron chi connectivity index (χ1n) is 4.88. The first-order valence-corrected chi connectivity index (χ1v) is 4.88. The summed E-state index contributed by atoms with van der Waals surface area (Å²) < 4.78 is 10.4. The first kappa shape index (κ1) is 9.71. The van der Waals surface area contributed by atoms with Gasteiger partial charge < -0.3 is 9.26 Å². The van der Waals surface area contributed by atoms with Crippen molar-refractivity contribution >= 4 is 0 Å². The Balaban J connectivity index is 1.93. The molecule has 0 unspecified atom stereocenters. The molecule has 78 valence electrons. The molecule has 0 aliphatic carbocycles. The minimum Gasteiger partial charge on any atom is -0.485 e. The quantitative estimate of drug-likeness (QED) is 0.766. The smallest absolute Gasteiger partial charge is 0.226 e. The van der Waals surface area contributed by atoms with E-state index in [1.165, 1.54) is 0 Å². The third kappa shape index (κ3) is 2.56. The molecule has 0 saturated carbocycles. The SMILES string of the molecule is CCc1nc(COc2ccccc2)no1. The standard InChI is InChI=1S/C11H12N2O2/c1-2-11-12-10(13-15-11)8-14-9-6-4-3-5-7-9/h3-7H,2,8H2,1H3. The van der Waals surface area contributed by atoms with Crippen LogP contribution in [-0.4, -0.2) is 10.1 Å². The van der Waals surface area contributed by atoms with Gasteiger partial charge in [0.2, 0.25) is 11.7 Å². The monoisotopic (exact) mass is 204 g/mol. The van der Waals surface area contributed by atoms with Crippen LogP contribution in [0.25, 0.3) is 0 Å². The van der Waals surface area contributed by atoms with Crippen molar-refractivity contribution in [2.45, 2.75) is 20.0 Å². The van der Waals surface area contributed by atoms with Crippen molar-refractivity contribution in [1.29, 1.82) is 0 Å². The molecule has 0 aliphatic rings. The third-order valence-corrected chi connectivity index (χ3v) is 1.92. The van der Waals surface area contributed by atoms with Gasteiger partial charge in [0.25, 0.3) is 0 Å². The largest absolute Gasteiger partial charge is 0.485 e. The second-order valence-electron chi connectivity index (χ2n) is 3.06. The lowest BCUT2D eigenvalue weighted by atomic mass is 10.3. The summed E-state index contributed by atoms with van der Waals surface area (Å²) in [5.74, 6) is 2.03. The molecule has 1 aromatic carbocycles. The van der Waals surface area contributed by atoms with Crippen LogP contribution in [0, 0.1) is 0 Å². The minimum absolute atomic E-state index is 0.341. The van der Waals surface area contributed by atoms with Crippen molar-refractivity contribution in [2.24, 2.45) is 0 Å². The number of benzene rings is 1. The second-order valence-corrected chi connectivity index (χ2v) is 3.06. The molecule has 0 N–H and O–H groups in total. The molecule has 2 aromatic rings. The molecule has 1 heterocycles. The third-order valence-electron chi connectivity index (χ3n) is 1.92. The molecule has 0 spiro atoms. The number of aromatic nitrogens is 2. The number of hydrogen-bond acceptors (Lipinski definition) is 4. The molecule has 0 radical (unpaired) electrons. The summed E-state index contributed by atoms with van der Waals surface area (Å²) in [4.78, 5) is 4.14. The molecule has 0 amide bonds. The van der Waals surface area contributed by atoms with Crippen molar-refractivity contribution in [3.63, 3.8) is 0 Å². The van der Waals surface area contributed by atoms with E-state index in [-0.39, 0.29) is 0 Å². The minimum atomic E-state index is 0.341. The fourth-order valence-corrected chi connectivity index (χ4v) is 1.16. The van der Waals surface area contributed by atoms with Gasteiger partial charge in [0, 0.05) is 6.42 Å². The normalized spacial score (nSPS) is 10.2. The fraction of sp³-hybridized carbons (Fsp3) is 0.273. The fourth-order valence-electron chi connectivity index (χ4n) is 1.16. The van der Waals surface area contributed by atoms with Gasteiger partial charge in [-0.25, -0.2) is 0 Å². The van der Waals surface area contributed by atoms with Crippen LogP contribution >= 0.6 is 0 Å². The Labute approximate surface area is 87.9 Å². The van der Waals surface area contributed by atoms with Crippen molar-refractivity contribution in [3.05, 3.63) is 42.0 Å². The van der Waals surface area contributed by atoms with Gasteiger partial charge in [-0.2, -0.15) is 4.98 Å². The number of hydrogen-bond donors (Lipinski definition) is 0. The van der Waals surface area contributed by atoms with E-state index in [1.807, 2.05) is 37.3 Å². The number of ether oxygens (including phenoxy) is 1. The summed E-state index contributed by atoms with van der Waals surface area (Å²) in [6, 6.07) is 9.56. The Morgan fingerprint density at radius 3 is 2.73 bits per heavy atom. The van der Waals surface area contributed by atoms with E-state index in [4.69, 9.17) is 9.26 Å². The van der Waals surface area contributed by atoms with Crippen molar-refractivity contribution in [1.82, 2.24) is 10.1 Å². The average molecular weight is 204 g/mol. The van der Waals surface area contributed by atoms with Gasteiger partial charge in [-0.05, 0) is 12.1 Å². The molecule has 0 fully saturated rings. The zero-order chi connectivity index (χ0) is 10.5. The molecule has 1 aromatic heterocycles. The highest BCUT2D eigenvalue weighted by atomic mass is 16.5. The lowest BCUT2D eigenvalue weighted by Crippen LogP contribution is -1.97. The highest BCUT2D eigenvalue weighted by Gasteiger charge is 2.04. The Kier molecular flexibility index (Phi) is 2.97. The summed E-state index contributed by atoms with van der Waals surface area (Å²) in [7, 11) is 0. The van der Waals surface area contributed by atoms with Crippen LogP contribution in [0.4, 0.5) is 0 Å². The number of nitrogens with zero attached hydrogens (tertiary/aromatic N) is 2. The van der Waals surface area contributed by atoms with E-state index >= 15 is 0 Å². The van der Waals surface area contributed by atoms with Gasteiger partial charge in [-0.3, -0.25) is 0 Å². The molecule has 0 aliphatic heterocycles. The van der Waals surface area contributed by atoms with Gasteiger partial charge in [0.1, 0.15) is 5.75 Å². The summed E-state index contributed by atoms with van der Waals surface area (Å²) >= 11 is 0. The maximum Gasteiger partial charge on any atom is 0.226 e. The van der Waals surface area contributed by atoms with E-state index in [2.05, 4.69) is 10.1 Å². The van der Waals surface area contributed by atoms with Crippen LogP contribution in [0.5, 0.6) is 5.75 Å². The second kappa shape index (κ2) is 4.59. The molecule has 15 heavy (non-hydrogen) atoms. The van der Waals surface area contributed by atoms with Gasteiger partial charge >= 0.3 is 0 Å². The highest BCUT2D eigenvalue weighted by molar-refractivity contribution is 5.20. The highest BCUT2D eigenvalue weighted by Crippen LogP contribution is 2.10. The topological polar surface area (TPSA) is 48.2 Å². The Morgan fingerprint density at radius 1 is 1.27 bits per heavy atom. The zero-order valence-corrected chi connectivity index (χ0v) is 8.51. The summed E-state index contributed by atoms with van der Waals surface area (Å²) in [6.07, 6.45) is 0.748. The summed E-state index contributed by atoms with van der Waals surface area (Å²) in [6.45, 7) is 2.31. The van der Waals surface area contributed by atoms with Gasteiger partial charge in [0.05, 0.1) is 0 Å². The molecule has 4 nitrogen and oxygen atoms in total. The molecule has 0 saturated heterocycles. The van der Waals surface area contributed by atoms with Gasteiger partial charge in [-0.15, -0.1) is 0 Å². The summed E-state index contributed by atoms with van der Waals surface area (Å²) in [5, 5.41) is 3.79. The van der Waals surface area contributed by atoms with Crippen LogP contribution in [0.1, 0.15) is 18.6 Å². The Hall–Kier alpha value is -1.84. The molecular formula is C11H12N2O2. The van der Waals surface area contributed by atoms with Gasteiger partial charge in [0.15, 0.2) is 6.61 Å². The molecule has 2 rings (SSSR count). The van der Waals surface area contributed by atoms with Crippen LogP contribution < -0.4 is 4.74 Å². The number of para-hydroxylation sites is 1. The lowest BCUT2D eigenvalue weighted by Gasteiger charge is -2.01. The van der Waals surface area contributed by atoms with Gasteiger partial charge in [-0.1, -0.05) is 30.3 Å². The predicted molar refractivity (Wildman–Crippen MR) is 54.5 cm³/mol. The van der Waals surface area contributed by atoms with E-state index in [9.17, 15) is 0 Å². The molecule has 4 heteroatoms. The maximum absolute atomic E-state index is 5.46. The van der Waals surface area contributed by atoms with E-state index in [1.54, 1.807) is 0 Å². The maximum atomic E-state index is 5.46. The number of aryl methyl sites for hydroxylation is 1. The van der Waals surface area contributed by atoms with Crippen molar-refractivity contribution in [2.75, 3.05) is 0 Å². The Bertz CT molecular complexity index is 412. The van der Waals surface area contributed by atoms with Crippen LogP contribution in [0.2, 0.25) is 0 Å². The predicted octanol–water partition coefficient (Wildman–Crippen LogP) is 2.21. The summed E-state index contributed by atoms with van der Waals surface area (Å²) in [5.41, 5.74) is 0. The molecule has 0 bridgehead atoms. The van der Waals surface area contributed by atoms with Crippen LogP contribution in [-0.2, 0) is 13.0 Å². The van der Waals surface area contributed by atoms with E-state index < -0.39 is 0 Å². The Morgan fingerprint density at radius 2 is 2.07 bits per heavy atom. The van der Waals surface area contributed by atoms with E-state index in [0.717, 1.165) is 12.2 Å². The van der Waals surface area contributed by atoms with Crippen molar-refractivity contribution < 1.29 is 9.26 Å². The lowest BCUT2D eigenvalue weighted by molar-refractivity contribution is 0.285. The van der Waals surface area contributed by atoms with Crippen LogP contribution in [0.15, 0.2) is 34.9 Å². The average Bonchev–Trinajstić information content (AvgIpc) is 2.76. The molecule has 0 atom stereocenters. The molecular weight excluding hydrogens is 192 g/mol. The first-order chi connectivity index (χ1) is 7.38. The van der Waals surface area contributed by atoms with Crippen molar-refractivity contribution in [3.8, 4) is 5.75 Å².